The standard InChI is InChI=1S/C16H27NO2Si/c1-11-9-8-10-13-14(15(18)17(11)13)12(2)19-20(6,7)16(3,4)5/h8-9,12-14H,1,10H2,2-7H3/t12-,13-,14-/m1/s1. The van der Waals surface area contributed by atoms with Crippen molar-refractivity contribution in [1.29, 1.82) is 0 Å². The fourth-order valence-corrected chi connectivity index (χ4v) is 4.26. The van der Waals surface area contributed by atoms with Crippen LogP contribution >= 0.6 is 0 Å². The van der Waals surface area contributed by atoms with Gasteiger partial charge >= 0.3 is 0 Å². The Morgan fingerprint density at radius 3 is 2.60 bits per heavy atom. The van der Waals surface area contributed by atoms with Gasteiger partial charge in [-0.15, -0.1) is 0 Å². The van der Waals surface area contributed by atoms with E-state index in [9.17, 15) is 4.79 Å². The van der Waals surface area contributed by atoms with Crippen LogP contribution in [0.15, 0.2) is 24.4 Å². The van der Waals surface area contributed by atoms with Gasteiger partial charge in [-0.3, -0.25) is 4.79 Å². The number of hydrogen-bond acceptors (Lipinski definition) is 2. The SMILES string of the molecule is C=C1C=CC[C@@H]2[C@@H]([C@@H](C)O[Si](C)(C)C(C)(C)C)C(=O)N12. The van der Waals surface area contributed by atoms with E-state index in [0.29, 0.717) is 0 Å². The molecule has 2 aliphatic rings. The van der Waals surface area contributed by atoms with Crippen LogP contribution < -0.4 is 0 Å². The van der Waals surface area contributed by atoms with Crippen LogP contribution in [0, 0.1) is 5.92 Å². The second-order valence-electron chi connectivity index (χ2n) is 7.51. The van der Waals surface area contributed by atoms with Crippen molar-refractivity contribution in [2.24, 2.45) is 5.92 Å². The molecule has 1 amide bonds. The van der Waals surface area contributed by atoms with E-state index in [1.807, 2.05) is 11.0 Å². The summed E-state index contributed by atoms with van der Waals surface area (Å²) in [5.41, 5.74) is 0.821. The van der Waals surface area contributed by atoms with Gasteiger partial charge in [-0.05, 0) is 37.6 Å². The van der Waals surface area contributed by atoms with Crippen molar-refractivity contribution in [3.8, 4) is 0 Å². The summed E-state index contributed by atoms with van der Waals surface area (Å²) in [6, 6.07) is 0.250. The Morgan fingerprint density at radius 1 is 1.45 bits per heavy atom. The average molecular weight is 293 g/mol. The van der Waals surface area contributed by atoms with Gasteiger partial charge in [-0.1, -0.05) is 33.4 Å². The van der Waals surface area contributed by atoms with E-state index in [1.165, 1.54) is 0 Å². The molecular formula is C16H27NO2Si. The monoisotopic (exact) mass is 293 g/mol. The summed E-state index contributed by atoms with van der Waals surface area (Å²) in [6.07, 6.45) is 4.95. The summed E-state index contributed by atoms with van der Waals surface area (Å²) in [4.78, 5) is 14.2. The minimum atomic E-state index is -1.83. The van der Waals surface area contributed by atoms with Crippen LogP contribution in [0.2, 0.25) is 18.1 Å². The van der Waals surface area contributed by atoms with Crippen LogP contribution in [-0.2, 0) is 9.22 Å². The average Bonchev–Trinajstić information content (AvgIpc) is 2.25. The number of amides is 1. The van der Waals surface area contributed by atoms with Crippen LogP contribution in [0.1, 0.15) is 34.1 Å². The van der Waals surface area contributed by atoms with Gasteiger partial charge in [0, 0.05) is 5.70 Å². The third-order valence-corrected chi connectivity index (χ3v) is 9.63. The highest BCUT2D eigenvalue weighted by Crippen LogP contribution is 2.42. The zero-order valence-electron chi connectivity index (χ0n) is 13.6. The number of allylic oxidation sites excluding steroid dienone is 1. The van der Waals surface area contributed by atoms with E-state index < -0.39 is 8.32 Å². The van der Waals surface area contributed by atoms with Gasteiger partial charge < -0.3 is 9.33 Å². The molecule has 3 nitrogen and oxygen atoms in total. The molecule has 4 heteroatoms. The molecular weight excluding hydrogens is 266 g/mol. The molecule has 2 rings (SSSR count). The highest BCUT2D eigenvalue weighted by Gasteiger charge is 2.53. The van der Waals surface area contributed by atoms with Crippen molar-refractivity contribution in [2.45, 2.75) is 64.4 Å². The van der Waals surface area contributed by atoms with E-state index in [4.69, 9.17) is 4.43 Å². The first-order valence-corrected chi connectivity index (χ1v) is 10.3. The van der Waals surface area contributed by atoms with Crippen molar-refractivity contribution in [3.05, 3.63) is 24.4 Å². The maximum atomic E-state index is 12.4. The second-order valence-corrected chi connectivity index (χ2v) is 12.3. The third kappa shape index (κ3) is 2.39. The number of carbonyl (C=O) groups excluding carboxylic acids is 1. The Balaban J connectivity index is 2.08. The quantitative estimate of drug-likeness (QED) is 0.586. The van der Waals surface area contributed by atoms with Gasteiger partial charge in [-0.25, -0.2) is 0 Å². The Hall–Kier alpha value is -0.873. The first-order valence-electron chi connectivity index (χ1n) is 7.42. The topological polar surface area (TPSA) is 29.5 Å². The van der Waals surface area contributed by atoms with Crippen LogP contribution in [-0.4, -0.2) is 31.3 Å². The summed E-state index contributed by atoms with van der Waals surface area (Å²) in [5.74, 6) is 0.168. The first kappa shape index (κ1) is 15.5. The molecule has 0 unspecified atom stereocenters. The molecule has 0 aromatic heterocycles. The number of hydrogen-bond donors (Lipinski definition) is 0. The maximum Gasteiger partial charge on any atom is 0.235 e. The number of β-lactam (4-membered cyclic amide) rings is 1. The Morgan fingerprint density at radius 2 is 2.05 bits per heavy atom. The molecule has 0 aromatic carbocycles. The molecule has 3 atom stereocenters. The number of fused-ring (bicyclic) bond motifs is 1. The van der Waals surface area contributed by atoms with Crippen molar-refractivity contribution in [2.75, 3.05) is 0 Å². The Labute approximate surface area is 123 Å². The molecule has 0 aromatic rings. The van der Waals surface area contributed by atoms with Gasteiger partial charge in [0.05, 0.1) is 18.1 Å². The van der Waals surface area contributed by atoms with Crippen LogP contribution in [0.3, 0.4) is 0 Å². The molecule has 1 fully saturated rings. The normalized spacial score (nSPS) is 28.2. The van der Waals surface area contributed by atoms with Gasteiger partial charge in [-0.2, -0.15) is 0 Å². The van der Waals surface area contributed by atoms with Gasteiger partial charge in [0.1, 0.15) is 0 Å². The van der Waals surface area contributed by atoms with Gasteiger partial charge in [0.2, 0.25) is 5.91 Å². The number of nitrogens with zero attached hydrogens (tertiary/aromatic N) is 1. The van der Waals surface area contributed by atoms with Gasteiger partial charge in [0.25, 0.3) is 0 Å². The summed E-state index contributed by atoms with van der Waals surface area (Å²) in [5, 5.41) is 0.170. The molecule has 0 bridgehead atoms. The molecule has 2 heterocycles. The summed E-state index contributed by atoms with van der Waals surface area (Å²) < 4.78 is 6.40. The number of carbonyl (C=O) groups is 1. The molecule has 0 aliphatic carbocycles. The third-order valence-electron chi connectivity index (χ3n) is 5.06. The lowest BCUT2D eigenvalue weighted by atomic mass is 9.79. The van der Waals surface area contributed by atoms with E-state index in [2.05, 4.69) is 53.4 Å². The van der Waals surface area contributed by atoms with E-state index in [1.54, 1.807) is 0 Å². The fraction of sp³-hybridized carbons (Fsp3) is 0.688. The molecule has 1 saturated heterocycles. The Bertz CT molecular complexity index is 462. The molecule has 0 spiro atoms. The minimum Gasteiger partial charge on any atom is -0.413 e. The number of rotatable bonds is 3. The molecule has 112 valence electrons. The molecule has 0 radical (unpaired) electrons. The van der Waals surface area contributed by atoms with E-state index in [0.717, 1.165) is 12.1 Å². The molecule has 20 heavy (non-hydrogen) atoms. The van der Waals surface area contributed by atoms with E-state index >= 15 is 0 Å². The Kier molecular flexibility index (Phi) is 3.76. The first-order chi connectivity index (χ1) is 9.06. The fourth-order valence-electron chi connectivity index (χ4n) is 2.83. The lowest BCUT2D eigenvalue weighted by Gasteiger charge is -2.52. The zero-order chi connectivity index (χ0) is 15.3. The smallest absolute Gasteiger partial charge is 0.235 e. The van der Waals surface area contributed by atoms with Crippen molar-refractivity contribution >= 4 is 14.2 Å². The predicted molar refractivity (Wildman–Crippen MR) is 84.8 cm³/mol. The van der Waals surface area contributed by atoms with Crippen LogP contribution in [0.5, 0.6) is 0 Å². The largest absolute Gasteiger partial charge is 0.413 e. The lowest BCUT2D eigenvalue weighted by molar-refractivity contribution is -0.158. The van der Waals surface area contributed by atoms with Crippen molar-refractivity contribution in [1.82, 2.24) is 4.90 Å². The highest BCUT2D eigenvalue weighted by molar-refractivity contribution is 6.74. The van der Waals surface area contributed by atoms with Crippen LogP contribution in [0.25, 0.3) is 0 Å². The van der Waals surface area contributed by atoms with Gasteiger partial charge in [0.15, 0.2) is 8.32 Å². The highest BCUT2D eigenvalue weighted by atomic mass is 28.4. The summed E-state index contributed by atoms with van der Waals surface area (Å²) in [6.45, 7) is 17.2. The van der Waals surface area contributed by atoms with E-state index in [-0.39, 0.29) is 29.0 Å². The maximum absolute atomic E-state index is 12.4. The second kappa shape index (κ2) is 4.85. The molecule has 0 saturated carbocycles. The molecule has 2 aliphatic heterocycles. The minimum absolute atomic E-state index is 0.00850. The predicted octanol–water partition coefficient (Wildman–Crippen LogP) is 3.70. The molecule has 0 N–H and O–H groups in total. The lowest BCUT2D eigenvalue weighted by Crippen LogP contribution is -2.65. The van der Waals surface area contributed by atoms with Crippen molar-refractivity contribution < 1.29 is 9.22 Å². The van der Waals surface area contributed by atoms with Crippen LogP contribution in [0.4, 0.5) is 0 Å². The van der Waals surface area contributed by atoms with Crippen molar-refractivity contribution in [3.63, 3.8) is 0 Å². The summed E-state index contributed by atoms with van der Waals surface area (Å²) >= 11 is 0. The summed E-state index contributed by atoms with van der Waals surface area (Å²) in [7, 11) is -1.83. The zero-order valence-corrected chi connectivity index (χ0v) is 14.6.